The lowest BCUT2D eigenvalue weighted by Crippen LogP contribution is -2.58. The van der Waals surface area contributed by atoms with Gasteiger partial charge in [0.1, 0.15) is 0 Å². The number of aliphatic hydroxyl groups excluding tert-OH is 1. The fourth-order valence-corrected chi connectivity index (χ4v) is 11.4. The van der Waals surface area contributed by atoms with Crippen LogP contribution in [0.1, 0.15) is 123 Å². The molecule has 9 rings (SSSR count). The van der Waals surface area contributed by atoms with Gasteiger partial charge in [0, 0.05) is 28.1 Å². The van der Waals surface area contributed by atoms with Gasteiger partial charge in [-0.1, -0.05) is 62.8 Å². The number of nitrogens with zero attached hydrogens (tertiary/aromatic N) is 1. The van der Waals surface area contributed by atoms with Gasteiger partial charge in [-0.05, 0) is 149 Å². The normalized spacial score (nSPS) is 31.1. The number of urea groups is 1. The van der Waals surface area contributed by atoms with Crippen molar-refractivity contribution in [3.05, 3.63) is 98.8 Å². The predicted molar refractivity (Wildman–Crippen MR) is 211 cm³/mol. The monoisotopic (exact) mass is 722 g/mol. The Hall–Kier alpha value is -3.26. The van der Waals surface area contributed by atoms with Gasteiger partial charge in [0.05, 0.1) is 23.1 Å². The van der Waals surface area contributed by atoms with Crippen LogP contribution in [0.15, 0.2) is 72.3 Å². The Bertz CT molecular complexity index is 1810. The molecule has 2 aromatic carbocycles. The summed E-state index contributed by atoms with van der Waals surface area (Å²) in [4.78, 5) is 32.4. The molecule has 0 radical (unpaired) electrons. The lowest BCUT2D eigenvalue weighted by Gasteiger charge is -2.60. The van der Waals surface area contributed by atoms with Gasteiger partial charge in [0.15, 0.2) is 0 Å². The molecule has 4 fully saturated rings. The number of hydrogen-bond acceptors (Lipinski definition) is 5. The maximum Gasteiger partial charge on any atom is 0.321 e. The summed E-state index contributed by atoms with van der Waals surface area (Å²) in [6.07, 6.45) is 10.0. The van der Waals surface area contributed by atoms with Gasteiger partial charge in [-0.3, -0.25) is 4.79 Å². The molecule has 4 saturated carbocycles. The minimum Gasteiger partial charge on any atom is -0.393 e. The van der Waals surface area contributed by atoms with Gasteiger partial charge in [-0.25, -0.2) is 4.79 Å². The van der Waals surface area contributed by atoms with Crippen molar-refractivity contribution in [2.75, 3.05) is 18.4 Å². The van der Waals surface area contributed by atoms with E-state index in [0.717, 1.165) is 59.7 Å². The van der Waals surface area contributed by atoms with Crippen LogP contribution in [-0.4, -0.2) is 51.7 Å². The predicted octanol–water partition coefficient (Wildman–Crippen LogP) is 9.93. The number of allylic oxidation sites excluding steroid dienone is 2. The highest BCUT2D eigenvalue weighted by Gasteiger charge is 2.59. The van der Waals surface area contributed by atoms with Gasteiger partial charge >= 0.3 is 6.03 Å². The third-order valence-corrected chi connectivity index (χ3v) is 15.1. The molecular weight excluding hydrogens is 665 g/mol. The van der Waals surface area contributed by atoms with Crippen LogP contribution in [0.3, 0.4) is 0 Å². The minimum atomic E-state index is -1.18. The summed E-state index contributed by atoms with van der Waals surface area (Å²) >= 11 is 1.51. The molecule has 1 aromatic heterocycles. The van der Waals surface area contributed by atoms with Crippen molar-refractivity contribution >= 4 is 28.8 Å². The first-order chi connectivity index (χ1) is 24.8. The van der Waals surface area contributed by atoms with Crippen LogP contribution in [0.4, 0.5) is 10.5 Å². The van der Waals surface area contributed by atoms with Crippen molar-refractivity contribution in [2.45, 2.75) is 116 Å². The maximum absolute atomic E-state index is 14.3. The average Bonchev–Trinajstić information content (AvgIpc) is 3.66. The van der Waals surface area contributed by atoms with Gasteiger partial charge in [-0.2, -0.15) is 0 Å². The average molecular weight is 723 g/mol. The lowest BCUT2D eigenvalue weighted by atomic mass is 9.45. The summed E-state index contributed by atoms with van der Waals surface area (Å²) in [6.45, 7) is 12.0. The number of fused-ring (bicyclic) bond motifs is 10. The number of benzene rings is 2. The number of carbonyl (C=O) groups is 2. The number of anilines is 1. The van der Waals surface area contributed by atoms with Crippen molar-refractivity contribution in [3.63, 3.8) is 0 Å². The molecule has 1 heterocycles. The molecule has 0 saturated heterocycles. The molecule has 7 atom stereocenters. The molecule has 3 N–H and O–H groups in total. The highest BCUT2D eigenvalue weighted by atomic mass is 32.1. The summed E-state index contributed by atoms with van der Waals surface area (Å²) in [5.41, 5.74) is 3.10. The van der Waals surface area contributed by atoms with Gasteiger partial charge in [0.25, 0.3) is 0 Å². The highest BCUT2D eigenvalue weighted by Crippen LogP contribution is 2.62. The van der Waals surface area contributed by atoms with Crippen molar-refractivity contribution in [1.29, 1.82) is 0 Å². The molecule has 3 aromatic rings. The van der Waals surface area contributed by atoms with E-state index >= 15 is 0 Å². The number of para-hydroxylation sites is 1. The maximum atomic E-state index is 14.3. The van der Waals surface area contributed by atoms with Gasteiger partial charge in [-0.15, -0.1) is 11.3 Å². The molecule has 0 spiro atoms. The highest BCUT2D eigenvalue weighted by molar-refractivity contribution is 7.14. The molecule has 278 valence electrons. The summed E-state index contributed by atoms with van der Waals surface area (Å²) in [6, 6.07) is 19.6. The van der Waals surface area contributed by atoms with Crippen molar-refractivity contribution < 1.29 is 19.8 Å². The first-order valence-corrected chi connectivity index (χ1v) is 20.5. The van der Waals surface area contributed by atoms with E-state index in [4.69, 9.17) is 0 Å². The number of amides is 2. The Morgan fingerprint density at radius 3 is 2.46 bits per heavy atom. The SMILES string of the molecule is CC1=CCC[C@@]2(C)[C@@H](CC[C@@]2(O)CN(C[C@@H]2CC[C@H]3C[C@@H]2C3(C)C)C(=O)Nc2ccccc2)c2ccc(cc2C(=O)c2ccc(C)s2)C[C@@H](O)CC1. The second-order valence-electron chi connectivity index (χ2n) is 17.6. The molecule has 0 unspecified atom stereocenters. The Morgan fingerprint density at radius 2 is 1.75 bits per heavy atom. The quantitative estimate of drug-likeness (QED) is 0.167. The summed E-state index contributed by atoms with van der Waals surface area (Å²) in [5.74, 6) is 1.66. The van der Waals surface area contributed by atoms with Crippen LogP contribution in [0, 0.1) is 35.5 Å². The third-order valence-electron chi connectivity index (χ3n) is 14.1. The standard InChI is InChI=1S/C45H58N2O4S/c1-29-10-9-22-44(5)38(36-19-15-31(24-35(48)18-13-29)25-37(36)41(49)40-20-14-30(2)52-40)21-23-45(44,51)28-47(42(50)46-34-11-7-6-8-12-34)27-32-16-17-33-26-39(32)43(33,3)4/h6-8,10-12,14-15,19-20,25,32-33,35,38-39,48,51H,9,13,16-18,21-24,26-28H2,1-5H3,(H,46,50)/t32-,33-,35-,38-,39-,44-,45+/m0/s1. The molecule has 6 nitrogen and oxygen atoms in total. The van der Waals surface area contributed by atoms with Crippen LogP contribution in [-0.2, 0) is 6.42 Å². The van der Waals surface area contributed by atoms with E-state index in [0.29, 0.717) is 48.1 Å². The van der Waals surface area contributed by atoms with E-state index in [9.17, 15) is 19.8 Å². The number of aryl methyl sites for hydroxylation is 1. The fourth-order valence-electron chi connectivity index (χ4n) is 10.6. The topological polar surface area (TPSA) is 89.9 Å². The van der Waals surface area contributed by atoms with Crippen molar-refractivity contribution in [2.24, 2.45) is 28.6 Å². The van der Waals surface area contributed by atoms with E-state index in [1.54, 1.807) is 0 Å². The third kappa shape index (κ3) is 7.05. The molecule has 6 aliphatic rings. The second-order valence-corrected chi connectivity index (χ2v) is 18.8. The Morgan fingerprint density at radius 1 is 0.962 bits per heavy atom. The number of aliphatic hydroxyl groups is 2. The van der Waals surface area contributed by atoms with E-state index in [1.165, 1.54) is 29.8 Å². The zero-order chi connectivity index (χ0) is 36.8. The van der Waals surface area contributed by atoms with E-state index in [1.807, 2.05) is 60.4 Å². The van der Waals surface area contributed by atoms with E-state index in [2.05, 4.69) is 51.2 Å². The molecule has 52 heavy (non-hydrogen) atoms. The molecule has 4 bridgehead atoms. The van der Waals surface area contributed by atoms with Crippen LogP contribution < -0.4 is 5.32 Å². The molecule has 6 aliphatic carbocycles. The minimum absolute atomic E-state index is 0.00708. The number of thiophene rings is 1. The largest absolute Gasteiger partial charge is 0.393 e. The van der Waals surface area contributed by atoms with Gasteiger partial charge < -0.3 is 20.4 Å². The van der Waals surface area contributed by atoms with Crippen molar-refractivity contribution in [3.8, 4) is 0 Å². The fraction of sp³-hybridized carbons (Fsp3) is 0.556. The Balaban J connectivity index is 1.27. The molecule has 2 amide bonds. The molecular formula is C45H58N2O4S. The number of rotatable bonds is 7. The zero-order valence-electron chi connectivity index (χ0n) is 31.8. The second kappa shape index (κ2) is 14.5. The molecule has 0 aliphatic heterocycles. The summed E-state index contributed by atoms with van der Waals surface area (Å²) < 4.78 is 0. The number of nitrogens with one attached hydrogen (secondary N) is 1. The first kappa shape index (κ1) is 37.1. The summed E-state index contributed by atoms with van der Waals surface area (Å²) in [5, 5.41) is 27.3. The number of carbonyl (C=O) groups excluding carboxylic acids is 2. The molecule has 7 heteroatoms. The summed E-state index contributed by atoms with van der Waals surface area (Å²) in [7, 11) is 0. The van der Waals surface area contributed by atoms with Crippen LogP contribution >= 0.6 is 11.3 Å². The van der Waals surface area contributed by atoms with E-state index < -0.39 is 17.1 Å². The Labute approximate surface area is 314 Å². The number of hydrogen-bond donors (Lipinski definition) is 3. The first-order valence-electron chi connectivity index (χ1n) is 19.7. The van der Waals surface area contributed by atoms with Gasteiger partial charge in [0.2, 0.25) is 5.78 Å². The lowest BCUT2D eigenvalue weighted by molar-refractivity contribution is -0.117. The number of ketones is 1. The van der Waals surface area contributed by atoms with Crippen LogP contribution in [0.25, 0.3) is 0 Å². The smallest absolute Gasteiger partial charge is 0.321 e. The van der Waals surface area contributed by atoms with Crippen LogP contribution in [0.5, 0.6) is 0 Å². The van der Waals surface area contributed by atoms with E-state index in [-0.39, 0.29) is 29.7 Å². The van der Waals surface area contributed by atoms with Crippen LogP contribution in [0.2, 0.25) is 0 Å². The Kier molecular flexibility index (Phi) is 10.4. The zero-order valence-corrected chi connectivity index (χ0v) is 32.6. The van der Waals surface area contributed by atoms with Crippen molar-refractivity contribution in [1.82, 2.24) is 4.90 Å².